The Morgan fingerprint density at radius 2 is 1.74 bits per heavy atom. The summed E-state index contributed by atoms with van der Waals surface area (Å²) in [5, 5.41) is 28.5. The van der Waals surface area contributed by atoms with Crippen molar-refractivity contribution in [3.05, 3.63) is 58.3 Å². The van der Waals surface area contributed by atoms with Crippen LogP contribution >= 0.6 is 0 Å². The lowest BCUT2D eigenvalue weighted by molar-refractivity contribution is 0.288. The van der Waals surface area contributed by atoms with E-state index in [9.17, 15) is 15.0 Å². The van der Waals surface area contributed by atoms with E-state index in [4.69, 9.17) is 9.52 Å². The van der Waals surface area contributed by atoms with Crippen LogP contribution in [0.5, 0.6) is 11.5 Å². The maximum atomic E-state index is 12.2. The summed E-state index contributed by atoms with van der Waals surface area (Å²) >= 11 is 0. The highest BCUT2D eigenvalue weighted by Gasteiger charge is 2.13. The van der Waals surface area contributed by atoms with Crippen LogP contribution in [0.1, 0.15) is 12.0 Å². The normalized spacial score (nSPS) is 11.0. The molecule has 118 valence electrons. The summed E-state index contributed by atoms with van der Waals surface area (Å²) in [5.74, 6) is -0.463. The van der Waals surface area contributed by atoms with Gasteiger partial charge < -0.3 is 19.7 Å². The summed E-state index contributed by atoms with van der Waals surface area (Å²) < 4.78 is 5.61. The van der Waals surface area contributed by atoms with Crippen LogP contribution in [0.25, 0.3) is 22.3 Å². The number of phenols is 2. The van der Waals surface area contributed by atoms with Gasteiger partial charge in [0.1, 0.15) is 5.76 Å². The van der Waals surface area contributed by atoms with Gasteiger partial charge in [-0.3, -0.25) is 4.79 Å². The number of hydrogen-bond donors (Lipinski definition) is 3. The number of rotatable bonds is 4. The zero-order chi connectivity index (χ0) is 16.4. The molecule has 0 aliphatic heterocycles. The van der Waals surface area contributed by atoms with Crippen LogP contribution in [-0.4, -0.2) is 21.9 Å². The Labute approximate surface area is 132 Å². The van der Waals surface area contributed by atoms with Crippen molar-refractivity contribution in [2.45, 2.75) is 12.8 Å². The smallest absolute Gasteiger partial charge is 0.201 e. The summed E-state index contributed by atoms with van der Waals surface area (Å²) in [4.78, 5) is 12.2. The van der Waals surface area contributed by atoms with Gasteiger partial charge in [0.2, 0.25) is 5.75 Å². The van der Waals surface area contributed by atoms with Gasteiger partial charge in [0, 0.05) is 18.2 Å². The fourth-order valence-corrected chi connectivity index (χ4v) is 2.46. The maximum absolute atomic E-state index is 12.2. The molecule has 0 unspecified atom stereocenters. The topological polar surface area (TPSA) is 90.9 Å². The monoisotopic (exact) mass is 312 g/mol. The summed E-state index contributed by atoms with van der Waals surface area (Å²) in [6, 6.07) is 11.5. The van der Waals surface area contributed by atoms with E-state index < -0.39 is 5.75 Å². The van der Waals surface area contributed by atoms with Crippen LogP contribution in [-0.2, 0) is 6.42 Å². The summed E-state index contributed by atoms with van der Waals surface area (Å²) in [6.07, 6.45) is 1.46. The fourth-order valence-electron chi connectivity index (χ4n) is 2.46. The highest BCUT2D eigenvalue weighted by molar-refractivity contribution is 5.86. The Bertz CT molecular complexity index is 894. The molecular formula is C18H16O5. The number of aliphatic hydroxyl groups excluding tert-OH is 1. The van der Waals surface area contributed by atoms with E-state index in [1.807, 2.05) is 24.3 Å². The second-order valence-electron chi connectivity index (χ2n) is 5.31. The molecule has 5 nitrogen and oxygen atoms in total. The van der Waals surface area contributed by atoms with Gasteiger partial charge in [0.25, 0.3) is 0 Å². The molecule has 0 radical (unpaired) electrons. The predicted octanol–water partition coefficient (Wildman–Crippen LogP) is 2.80. The third-order valence-corrected chi connectivity index (χ3v) is 3.71. The van der Waals surface area contributed by atoms with Gasteiger partial charge >= 0.3 is 0 Å². The number of aliphatic hydroxyl groups is 1. The van der Waals surface area contributed by atoms with E-state index in [1.54, 1.807) is 0 Å². The minimum Gasteiger partial charge on any atom is -0.504 e. The van der Waals surface area contributed by atoms with Crippen LogP contribution in [0.3, 0.4) is 0 Å². The van der Waals surface area contributed by atoms with Crippen molar-refractivity contribution in [3.63, 3.8) is 0 Å². The van der Waals surface area contributed by atoms with E-state index in [0.717, 1.165) is 12.0 Å². The number of phenolic OH excluding ortho intramolecular Hbond substituents is 2. The number of benzene rings is 2. The third-order valence-electron chi connectivity index (χ3n) is 3.71. The first-order chi connectivity index (χ1) is 11.1. The minimum atomic E-state index is -0.444. The van der Waals surface area contributed by atoms with Crippen molar-refractivity contribution in [2.24, 2.45) is 0 Å². The molecule has 2 aromatic carbocycles. The van der Waals surface area contributed by atoms with E-state index in [1.165, 1.54) is 18.2 Å². The summed E-state index contributed by atoms with van der Waals surface area (Å²) in [6.45, 7) is 0.143. The van der Waals surface area contributed by atoms with Crippen molar-refractivity contribution in [1.29, 1.82) is 0 Å². The number of hydrogen-bond acceptors (Lipinski definition) is 5. The molecule has 0 amide bonds. The highest BCUT2D eigenvalue weighted by atomic mass is 16.4. The zero-order valence-electron chi connectivity index (χ0n) is 12.3. The Hall–Kier alpha value is -2.79. The largest absolute Gasteiger partial charge is 0.504 e. The standard InChI is InChI=1S/C18H16O5/c19-9-1-2-11-3-5-12(6-4-11)16-10-15(21)13-7-8-14(20)17(22)18(13)23-16/h3-8,10,19-20,22H,1-2,9H2. The lowest BCUT2D eigenvalue weighted by Gasteiger charge is -2.06. The SMILES string of the molecule is O=c1cc(-c2ccc(CCCO)cc2)oc2c(O)c(O)ccc12. The lowest BCUT2D eigenvalue weighted by atomic mass is 10.1. The van der Waals surface area contributed by atoms with Crippen LogP contribution in [0.4, 0.5) is 0 Å². The molecule has 0 spiro atoms. The lowest BCUT2D eigenvalue weighted by Crippen LogP contribution is -2.00. The van der Waals surface area contributed by atoms with E-state index in [0.29, 0.717) is 17.7 Å². The average molecular weight is 312 g/mol. The van der Waals surface area contributed by atoms with Crippen molar-refractivity contribution < 1.29 is 19.7 Å². The van der Waals surface area contributed by atoms with Gasteiger partial charge in [-0.2, -0.15) is 0 Å². The maximum Gasteiger partial charge on any atom is 0.201 e. The van der Waals surface area contributed by atoms with Gasteiger partial charge in [-0.15, -0.1) is 0 Å². The first kappa shape index (κ1) is 15.1. The molecule has 3 rings (SSSR count). The Balaban J connectivity index is 2.06. The van der Waals surface area contributed by atoms with Gasteiger partial charge in [0.15, 0.2) is 16.8 Å². The molecule has 0 aliphatic carbocycles. The molecule has 0 saturated heterocycles. The van der Waals surface area contributed by atoms with Crippen molar-refractivity contribution in [2.75, 3.05) is 6.61 Å². The van der Waals surface area contributed by atoms with Crippen LogP contribution in [0.2, 0.25) is 0 Å². The molecule has 0 saturated carbocycles. The molecular weight excluding hydrogens is 296 g/mol. The minimum absolute atomic E-state index is 0.0307. The molecule has 1 heterocycles. The quantitative estimate of drug-likeness (QED) is 0.644. The van der Waals surface area contributed by atoms with Crippen molar-refractivity contribution in [3.8, 4) is 22.8 Å². The molecule has 0 bridgehead atoms. The molecule has 0 aliphatic rings. The van der Waals surface area contributed by atoms with Gasteiger partial charge in [-0.25, -0.2) is 0 Å². The fraction of sp³-hybridized carbons (Fsp3) is 0.167. The van der Waals surface area contributed by atoms with Crippen molar-refractivity contribution >= 4 is 11.0 Å². The van der Waals surface area contributed by atoms with Crippen LogP contribution in [0, 0.1) is 0 Å². The van der Waals surface area contributed by atoms with E-state index in [-0.39, 0.29) is 28.8 Å². The zero-order valence-corrected chi connectivity index (χ0v) is 12.3. The Morgan fingerprint density at radius 1 is 1.00 bits per heavy atom. The Kier molecular flexibility index (Phi) is 4.04. The third kappa shape index (κ3) is 2.91. The molecule has 0 atom stereocenters. The molecule has 1 aromatic heterocycles. The predicted molar refractivity (Wildman–Crippen MR) is 86.7 cm³/mol. The molecule has 5 heteroatoms. The number of aromatic hydroxyl groups is 2. The van der Waals surface area contributed by atoms with Crippen LogP contribution < -0.4 is 5.43 Å². The first-order valence-electron chi connectivity index (χ1n) is 7.29. The van der Waals surface area contributed by atoms with E-state index in [2.05, 4.69) is 0 Å². The van der Waals surface area contributed by atoms with Crippen molar-refractivity contribution in [1.82, 2.24) is 0 Å². The molecule has 23 heavy (non-hydrogen) atoms. The molecule has 3 N–H and O–H groups in total. The highest BCUT2D eigenvalue weighted by Crippen LogP contribution is 2.34. The van der Waals surface area contributed by atoms with Gasteiger partial charge in [-0.05, 0) is 30.5 Å². The van der Waals surface area contributed by atoms with Crippen LogP contribution in [0.15, 0.2) is 51.7 Å². The first-order valence-corrected chi connectivity index (χ1v) is 7.29. The average Bonchev–Trinajstić information content (AvgIpc) is 2.57. The van der Waals surface area contributed by atoms with Gasteiger partial charge in [-0.1, -0.05) is 24.3 Å². The second kappa shape index (κ2) is 6.14. The summed E-state index contributed by atoms with van der Waals surface area (Å²) in [7, 11) is 0. The van der Waals surface area contributed by atoms with E-state index >= 15 is 0 Å². The number of fused-ring (bicyclic) bond motifs is 1. The second-order valence-corrected chi connectivity index (χ2v) is 5.31. The molecule has 0 fully saturated rings. The Morgan fingerprint density at radius 3 is 2.43 bits per heavy atom. The number of aryl methyl sites for hydroxylation is 1. The summed E-state index contributed by atoms with van der Waals surface area (Å²) in [5.41, 5.74) is 1.45. The molecule has 3 aromatic rings. The van der Waals surface area contributed by atoms with Gasteiger partial charge in [0.05, 0.1) is 5.39 Å².